The van der Waals surface area contributed by atoms with Crippen LogP contribution < -0.4 is 10.9 Å². The molecule has 0 aliphatic heterocycles. The molecule has 1 amide bonds. The first-order chi connectivity index (χ1) is 11.2. The number of nitrogens with one attached hydrogen (secondary N) is 2. The zero-order valence-corrected chi connectivity index (χ0v) is 14.3. The number of hydrogen-bond donors (Lipinski definition) is 2. The summed E-state index contributed by atoms with van der Waals surface area (Å²) in [4.78, 5) is 32.7. The van der Waals surface area contributed by atoms with Crippen LogP contribution in [-0.2, 0) is 0 Å². The normalized spacial score (nSPS) is 15.9. The first kappa shape index (κ1) is 16.1. The molecular weight excluding hydrogens is 312 g/mol. The lowest BCUT2D eigenvalue weighted by molar-refractivity contribution is 0.0963. The fourth-order valence-corrected chi connectivity index (χ4v) is 3.83. The van der Waals surface area contributed by atoms with Crippen molar-refractivity contribution in [2.45, 2.75) is 50.2 Å². The first-order valence-corrected chi connectivity index (χ1v) is 9.14. The van der Waals surface area contributed by atoms with Crippen molar-refractivity contribution in [2.24, 2.45) is 0 Å². The summed E-state index contributed by atoms with van der Waals surface area (Å²) in [6.07, 6.45) is 7.15. The molecule has 0 spiro atoms. The molecule has 0 radical (unpaired) electrons. The van der Waals surface area contributed by atoms with Crippen molar-refractivity contribution in [1.29, 1.82) is 0 Å². The Hall–Kier alpha value is -1.76. The molecule has 1 aliphatic rings. The van der Waals surface area contributed by atoms with Crippen molar-refractivity contribution >= 4 is 28.7 Å². The van der Waals surface area contributed by atoms with Crippen molar-refractivity contribution in [1.82, 2.24) is 19.9 Å². The Morgan fingerprint density at radius 3 is 2.83 bits per heavy atom. The number of aromatic amines is 1. The summed E-state index contributed by atoms with van der Waals surface area (Å²) in [7, 11) is 1.60. The van der Waals surface area contributed by atoms with Crippen LogP contribution in [0.15, 0.2) is 16.1 Å². The largest absolute Gasteiger partial charge is 0.355 e. The second-order valence-electron chi connectivity index (χ2n) is 5.82. The van der Waals surface area contributed by atoms with Gasteiger partial charge in [-0.25, -0.2) is 4.98 Å². The third kappa shape index (κ3) is 3.02. The molecular formula is C16H22N4O2S. The van der Waals surface area contributed by atoms with Crippen molar-refractivity contribution < 1.29 is 4.79 Å². The first-order valence-electron chi connectivity index (χ1n) is 8.15. The van der Waals surface area contributed by atoms with Gasteiger partial charge in [-0.15, -0.1) is 0 Å². The van der Waals surface area contributed by atoms with Crippen molar-refractivity contribution in [2.75, 3.05) is 12.8 Å². The number of carbonyl (C=O) groups excluding carboxylic acids is 1. The van der Waals surface area contributed by atoms with Crippen LogP contribution >= 0.6 is 11.8 Å². The molecule has 0 saturated heterocycles. The van der Waals surface area contributed by atoms with Crippen LogP contribution in [0, 0.1) is 0 Å². The van der Waals surface area contributed by atoms with Gasteiger partial charge in [0, 0.05) is 19.3 Å². The van der Waals surface area contributed by atoms with Crippen LogP contribution in [0.3, 0.4) is 0 Å². The van der Waals surface area contributed by atoms with Gasteiger partial charge >= 0.3 is 0 Å². The number of fused-ring (bicyclic) bond motifs is 1. The van der Waals surface area contributed by atoms with Crippen LogP contribution in [0.5, 0.6) is 0 Å². The van der Waals surface area contributed by atoms with Crippen LogP contribution in [0.2, 0.25) is 0 Å². The van der Waals surface area contributed by atoms with Gasteiger partial charge in [-0.2, -0.15) is 0 Å². The van der Waals surface area contributed by atoms with E-state index < -0.39 is 0 Å². The molecule has 1 aliphatic carbocycles. The minimum atomic E-state index is -0.209. The highest BCUT2D eigenvalue weighted by Gasteiger charge is 2.23. The second kappa shape index (κ2) is 6.78. The summed E-state index contributed by atoms with van der Waals surface area (Å²) in [6.45, 7) is 2.03. The summed E-state index contributed by atoms with van der Waals surface area (Å²) >= 11 is 1.53. The molecule has 124 valence electrons. The Balaban J connectivity index is 2.18. The molecule has 1 fully saturated rings. The van der Waals surface area contributed by atoms with Crippen LogP contribution in [0.25, 0.3) is 11.0 Å². The van der Waals surface area contributed by atoms with E-state index in [0.717, 1.165) is 31.4 Å². The molecule has 0 bridgehead atoms. The van der Waals surface area contributed by atoms with Crippen LogP contribution in [-0.4, -0.2) is 33.2 Å². The number of rotatable bonds is 4. The van der Waals surface area contributed by atoms with Gasteiger partial charge in [0.15, 0.2) is 5.16 Å². The van der Waals surface area contributed by atoms with Gasteiger partial charge in [-0.05, 0) is 18.6 Å². The third-order valence-electron chi connectivity index (χ3n) is 4.37. The molecule has 2 aromatic rings. The third-order valence-corrected chi connectivity index (χ3v) is 5.13. The zero-order valence-electron chi connectivity index (χ0n) is 13.5. The molecule has 3 rings (SSSR count). The molecule has 23 heavy (non-hydrogen) atoms. The molecule has 1 saturated carbocycles. The van der Waals surface area contributed by atoms with E-state index in [1.807, 2.05) is 6.92 Å². The lowest BCUT2D eigenvalue weighted by atomic mass is 9.95. The number of carbonyl (C=O) groups is 1. The Labute approximate surface area is 139 Å². The Bertz CT molecular complexity index is 774. The van der Waals surface area contributed by atoms with Crippen molar-refractivity contribution in [3.63, 3.8) is 0 Å². The maximum absolute atomic E-state index is 12.9. The number of thioether (sulfide) groups is 1. The summed E-state index contributed by atoms with van der Waals surface area (Å²) in [5.74, 6) is 0.644. The Kier molecular flexibility index (Phi) is 4.75. The topological polar surface area (TPSA) is 79.8 Å². The summed E-state index contributed by atoms with van der Waals surface area (Å²) in [5.41, 5.74) is 1.30. The lowest BCUT2D eigenvalue weighted by Gasteiger charge is -2.24. The highest BCUT2D eigenvalue weighted by atomic mass is 32.2. The average molecular weight is 334 g/mol. The molecule has 0 unspecified atom stereocenters. The molecule has 6 nitrogen and oxygen atoms in total. The van der Waals surface area contributed by atoms with Gasteiger partial charge in [0.05, 0.1) is 5.56 Å². The van der Waals surface area contributed by atoms with E-state index >= 15 is 0 Å². The molecule has 2 aromatic heterocycles. The predicted molar refractivity (Wildman–Crippen MR) is 92.3 cm³/mol. The Morgan fingerprint density at radius 1 is 1.43 bits per heavy atom. The van der Waals surface area contributed by atoms with Gasteiger partial charge < -0.3 is 14.9 Å². The average Bonchev–Trinajstić information content (AvgIpc) is 3.00. The summed E-state index contributed by atoms with van der Waals surface area (Å²) in [6, 6.07) is 0.176. The summed E-state index contributed by atoms with van der Waals surface area (Å²) < 4.78 is 1.74. The highest BCUT2D eigenvalue weighted by molar-refractivity contribution is 7.99. The summed E-state index contributed by atoms with van der Waals surface area (Å²) in [5, 5.41) is 3.34. The van der Waals surface area contributed by atoms with Gasteiger partial charge in [0.25, 0.3) is 11.5 Å². The van der Waals surface area contributed by atoms with Gasteiger partial charge in [0.1, 0.15) is 11.0 Å². The van der Waals surface area contributed by atoms with Gasteiger partial charge in [-0.3, -0.25) is 9.59 Å². The SMILES string of the molecule is CCSc1nc2c(C(=O)NC)cn(C3CCCCC3)c(=O)c2[nH]1. The van der Waals surface area contributed by atoms with E-state index in [9.17, 15) is 9.59 Å². The van der Waals surface area contributed by atoms with E-state index in [0.29, 0.717) is 21.8 Å². The second-order valence-corrected chi connectivity index (χ2v) is 7.08. The molecule has 0 atom stereocenters. The number of nitrogens with zero attached hydrogens (tertiary/aromatic N) is 2. The highest BCUT2D eigenvalue weighted by Crippen LogP contribution is 2.28. The van der Waals surface area contributed by atoms with Crippen LogP contribution in [0.4, 0.5) is 0 Å². The lowest BCUT2D eigenvalue weighted by Crippen LogP contribution is -2.29. The number of H-pyrrole nitrogens is 1. The maximum atomic E-state index is 12.9. The number of aromatic nitrogens is 3. The molecule has 2 N–H and O–H groups in total. The number of amides is 1. The minimum Gasteiger partial charge on any atom is -0.355 e. The fourth-order valence-electron chi connectivity index (χ4n) is 3.23. The van der Waals surface area contributed by atoms with E-state index in [-0.39, 0.29) is 17.5 Å². The zero-order chi connectivity index (χ0) is 16.4. The Morgan fingerprint density at radius 2 is 2.17 bits per heavy atom. The quantitative estimate of drug-likeness (QED) is 0.843. The number of pyridine rings is 1. The van der Waals surface area contributed by atoms with Gasteiger partial charge in [0.2, 0.25) is 0 Å². The number of imidazole rings is 1. The smallest absolute Gasteiger partial charge is 0.276 e. The molecule has 0 aromatic carbocycles. The standard InChI is InChI=1S/C16H22N4O2S/c1-3-23-16-18-12-11(14(21)17-2)9-20(15(22)13(12)19-16)10-7-5-4-6-8-10/h9-10H,3-8H2,1-2H3,(H,17,21)(H,18,19). The van der Waals surface area contributed by atoms with E-state index in [1.165, 1.54) is 18.2 Å². The molecule has 2 heterocycles. The van der Waals surface area contributed by atoms with E-state index in [4.69, 9.17) is 0 Å². The van der Waals surface area contributed by atoms with Gasteiger partial charge in [-0.1, -0.05) is 37.9 Å². The monoisotopic (exact) mass is 334 g/mol. The maximum Gasteiger partial charge on any atom is 0.276 e. The van der Waals surface area contributed by atoms with Crippen molar-refractivity contribution in [3.8, 4) is 0 Å². The fraction of sp³-hybridized carbons (Fsp3) is 0.562. The minimum absolute atomic E-state index is 0.0741. The van der Waals surface area contributed by atoms with E-state index in [2.05, 4.69) is 15.3 Å². The predicted octanol–water partition coefficient (Wildman–Crippen LogP) is 2.70. The molecule has 7 heteroatoms. The van der Waals surface area contributed by atoms with Crippen molar-refractivity contribution in [3.05, 3.63) is 22.1 Å². The van der Waals surface area contributed by atoms with Crippen LogP contribution in [0.1, 0.15) is 55.4 Å². The number of hydrogen-bond acceptors (Lipinski definition) is 4. The van der Waals surface area contributed by atoms with E-state index in [1.54, 1.807) is 17.8 Å².